The molecule has 0 aliphatic carbocycles. The van der Waals surface area contributed by atoms with Crippen molar-refractivity contribution in [3.05, 3.63) is 36.4 Å². The predicted molar refractivity (Wildman–Crippen MR) is 67.0 cm³/mol. The maximum atomic E-state index is 5.64. The summed E-state index contributed by atoms with van der Waals surface area (Å²) in [6.07, 6.45) is 1.64. The van der Waals surface area contributed by atoms with Crippen LogP contribution in [0, 0.1) is 0 Å². The van der Waals surface area contributed by atoms with Crippen LogP contribution >= 0.6 is 0 Å². The molecule has 0 bridgehead atoms. The summed E-state index contributed by atoms with van der Waals surface area (Å²) >= 11 is 0. The quantitative estimate of drug-likeness (QED) is 0.766. The monoisotopic (exact) mass is 243 g/mol. The molecule has 0 aliphatic heterocycles. The third kappa shape index (κ3) is 1.69. The van der Waals surface area contributed by atoms with Gasteiger partial charge in [0.05, 0.1) is 11.6 Å². The topological polar surface area (TPSA) is 64.1 Å². The minimum atomic E-state index is 0.0319. The molecule has 2 aromatic heterocycles. The fourth-order valence-corrected chi connectivity index (χ4v) is 1.79. The van der Waals surface area contributed by atoms with Crippen LogP contribution in [0.25, 0.3) is 22.4 Å². The van der Waals surface area contributed by atoms with Crippen molar-refractivity contribution >= 4 is 11.0 Å². The highest BCUT2D eigenvalue weighted by molar-refractivity contribution is 5.91. The molecule has 3 aromatic rings. The summed E-state index contributed by atoms with van der Waals surface area (Å²) in [5, 5.41) is 12.1. The van der Waals surface area contributed by atoms with Gasteiger partial charge in [0.2, 0.25) is 5.89 Å². The van der Waals surface area contributed by atoms with E-state index >= 15 is 0 Å². The van der Waals surface area contributed by atoms with Gasteiger partial charge in [-0.2, -0.15) is 0 Å². The van der Waals surface area contributed by atoms with E-state index < -0.39 is 0 Å². The van der Waals surface area contributed by atoms with Gasteiger partial charge in [0, 0.05) is 5.39 Å². The Bertz CT molecular complexity index is 671. The normalized spacial score (nSPS) is 13.0. The first-order valence-corrected chi connectivity index (χ1v) is 5.77. The van der Waals surface area contributed by atoms with Crippen molar-refractivity contribution in [2.45, 2.75) is 13.0 Å². The third-order valence-electron chi connectivity index (χ3n) is 2.96. The van der Waals surface area contributed by atoms with Gasteiger partial charge in [0.1, 0.15) is 11.8 Å². The molecule has 0 fully saturated rings. The lowest BCUT2D eigenvalue weighted by Crippen LogP contribution is -2.12. The van der Waals surface area contributed by atoms with E-state index in [1.165, 1.54) is 0 Å². The smallest absolute Gasteiger partial charge is 0.251 e. The lowest BCUT2D eigenvalue weighted by atomic mass is 10.2. The number of fused-ring (bicyclic) bond motifs is 1. The first-order chi connectivity index (χ1) is 8.79. The van der Waals surface area contributed by atoms with Crippen LogP contribution in [0.5, 0.6) is 0 Å². The van der Waals surface area contributed by atoms with Crippen LogP contribution in [0.4, 0.5) is 0 Å². The summed E-state index contributed by atoms with van der Waals surface area (Å²) in [7, 11) is 1.85. The molecule has 0 saturated heterocycles. The van der Waals surface area contributed by atoms with Gasteiger partial charge < -0.3 is 14.2 Å². The van der Waals surface area contributed by atoms with Crippen molar-refractivity contribution in [1.29, 1.82) is 0 Å². The van der Waals surface area contributed by atoms with Crippen molar-refractivity contribution < 1.29 is 8.83 Å². The van der Waals surface area contributed by atoms with Crippen LogP contribution in [0.3, 0.4) is 0 Å². The standard InChI is InChI=1S/C13H13N3O2/c1-8(14-2)12-15-16-13(18-12)10-7-17-11-6-4-3-5-9(10)11/h3-8,14H,1-2H3. The lowest BCUT2D eigenvalue weighted by molar-refractivity contribution is 0.441. The Morgan fingerprint density at radius 3 is 2.89 bits per heavy atom. The SMILES string of the molecule is CNC(C)c1nnc(-c2coc3ccccc23)o1. The number of rotatable bonds is 3. The zero-order valence-electron chi connectivity index (χ0n) is 10.2. The second-order valence-corrected chi connectivity index (χ2v) is 4.10. The Morgan fingerprint density at radius 2 is 2.06 bits per heavy atom. The Morgan fingerprint density at radius 1 is 1.22 bits per heavy atom. The maximum absolute atomic E-state index is 5.64. The van der Waals surface area contributed by atoms with Gasteiger partial charge >= 0.3 is 0 Å². The second-order valence-electron chi connectivity index (χ2n) is 4.10. The molecule has 92 valence electrons. The molecular formula is C13H13N3O2. The van der Waals surface area contributed by atoms with E-state index in [1.807, 2.05) is 38.2 Å². The van der Waals surface area contributed by atoms with Crippen LogP contribution in [0.2, 0.25) is 0 Å². The molecule has 0 amide bonds. The molecule has 0 radical (unpaired) electrons. The average Bonchev–Trinajstić information content (AvgIpc) is 3.03. The zero-order valence-corrected chi connectivity index (χ0v) is 10.2. The first-order valence-electron chi connectivity index (χ1n) is 5.77. The van der Waals surface area contributed by atoms with E-state index in [9.17, 15) is 0 Å². The highest BCUT2D eigenvalue weighted by Crippen LogP contribution is 2.30. The summed E-state index contributed by atoms with van der Waals surface area (Å²) in [5.41, 5.74) is 1.64. The Kier molecular flexibility index (Phi) is 2.60. The molecule has 0 spiro atoms. The molecule has 5 heteroatoms. The number of aromatic nitrogens is 2. The van der Waals surface area contributed by atoms with Gasteiger partial charge in [0.15, 0.2) is 0 Å². The molecule has 0 saturated carbocycles. The van der Waals surface area contributed by atoms with E-state index in [0.29, 0.717) is 11.8 Å². The summed E-state index contributed by atoms with van der Waals surface area (Å²) in [5.74, 6) is 1.05. The number of nitrogens with zero attached hydrogens (tertiary/aromatic N) is 2. The number of benzene rings is 1. The molecule has 1 atom stereocenters. The molecule has 5 nitrogen and oxygen atoms in total. The largest absolute Gasteiger partial charge is 0.463 e. The number of para-hydroxylation sites is 1. The summed E-state index contributed by atoms with van der Waals surface area (Å²) < 4.78 is 11.1. The second kappa shape index (κ2) is 4.27. The lowest BCUT2D eigenvalue weighted by Gasteiger charge is -2.01. The fourth-order valence-electron chi connectivity index (χ4n) is 1.79. The Hall–Kier alpha value is -2.14. The van der Waals surface area contributed by atoms with Crippen LogP contribution in [0.1, 0.15) is 18.9 Å². The first kappa shape index (κ1) is 11.0. The van der Waals surface area contributed by atoms with E-state index in [1.54, 1.807) is 6.26 Å². The fraction of sp³-hybridized carbons (Fsp3) is 0.231. The Balaban J connectivity index is 2.07. The third-order valence-corrected chi connectivity index (χ3v) is 2.96. The van der Waals surface area contributed by atoms with Gasteiger partial charge in [-0.15, -0.1) is 10.2 Å². The van der Waals surface area contributed by atoms with E-state index in [0.717, 1.165) is 16.5 Å². The van der Waals surface area contributed by atoms with Gasteiger partial charge in [-0.05, 0) is 20.0 Å². The summed E-state index contributed by atoms with van der Waals surface area (Å²) in [6.45, 7) is 1.96. The molecule has 1 aromatic carbocycles. The van der Waals surface area contributed by atoms with E-state index in [2.05, 4.69) is 15.5 Å². The summed E-state index contributed by atoms with van der Waals surface area (Å²) in [4.78, 5) is 0. The minimum Gasteiger partial charge on any atom is -0.463 e. The van der Waals surface area contributed by atoms with Gasteiger partial charge in [0.25, 0.3) is 5.89 Å². The molecule has 1 N–H and O–H groups in total. The van der Waals surface area contributed by atoms with Crippen molar-refractivity contribution in [3.8, 4) is 11.5 Å². The number of hydrogen-bond acceptors (Lipinski definition) is 5. The van der Waals surface area contributed by atoms with E-state index in [4.69, 9.17) is 8.83 Å². The molecule has 18 heavy (non-hydrogen) atoms. The van der Waals surface area contributed by atoms with Crippen molar-refractivity contribution in [2.24, 2.45) is 0 Å². The van der Waals surface area contributed by atoms with Crippen molar-refractivity contribution in [1.82, 2.24) is 15.5 Å². The van der Waals surface area contributed by atoms with E-state index in [-0.39, 0.29) is 6.04 Å². The number of furan rings is 1. The molecule has 1 unspecified atom stereocenters. The minimum absolute atomic E-state index is 0.0319. The maximum Gasteiger partial charge on any atom is 0.251 e. The molecule has 3 rings (SSSR count). The van der Waals surface area contributed by atoms with Gasteiger partial charge in [-0.3, -0.25) is 0 Å². The number of nitrogens with one attached hydrogen (secondary N) is 1. The average molecular weight is 243 g/mol. The molecule has 2 heterocycles. The summed E-state index contributed by atoms with van der Waals surface area (Å²) in [6, 6.07) is 7.79. The van der Waals surface area contributed by atoms with Gasteiger partial charge in [-0.25, -0.2) is 0 Å². The van der Waals surface area contributed by atoms with Crippen LogP contribution in [-0.4, -0.2) is 17.2 Å². The van der Waals surface area contributed by atoms with Crippen molar-refractivity contribution in [2.75, 3.05) is 7.05 Å². The molecular weight excluding hydrogens is 230 g/mol. The highest BCUT2D eigenvalue weighted by Gasteiger charge is 2.16. The predicted octanol–water partition coefficient (Wildman–Crippen LogP) is 2.76. The van der Waals surface area contributed by atoms with Crippen LogP contribution in [-0.2, 0) is 0 Å². The highest BCUT2D eigenvalue weighted by atomic mass is 16.4. The Labute approximate surface area is 104 Å². The number of hydrogen-bond donors (Lipinski definition) is 1. The zero-order chi connectivity index (χ0) is 12.5. The van der Waals surface area contributed by atoms with Crippen LogP contribution < -0.4 is 5.32 Å². The van der Waals surface area contributed by atoms with Crippen LogP contribution in [0.15, 0.2) is 39.4 Å². The van der Waals surface area contributed by atoms with Gasteiger partial charge in [-0.1, -0.05) is 18.2 Å². The molecule has 0 aliphatic rings. The van der Waals surface area contributed by atoms with Crippen molar-refractivity contribution in [3.63, 3.8) is 0 Å².